The molecule has 0 heterocycles. The van der Waals surface area contributed by atoms with Gasteiger partial charge in [-0.25, -0.2) is 4.79 Å². The molecule has 5 heteroatoms. The van der Waals surface area contributed by atoms with Crippen molar-refractivity contribution in [3.8, 4) is 5.75 Å². The highest BCUT2D eigenvalue weighted by Gasteiger charge is 2.18. The van der Waals surface area contributed by atoms with E-state index < -0.39 is 6.10 Å². The third-order valence-electron chi connectivity index (χ3n) is 4.07. The van der Waals surface area contributed by atoms with Crippen LogP contribution >= 0.6 is 0 Å². The van der Waals surface area contributed by atoms with Crippen molar-refractivity contribution in [3.05, 3.63) is 65.7 Å². The molecule has 0 aliphatic heterocycles. The van der Waals surface area contributed by atoms with Crippen molar-refractivity contribution < 1.29 is 14.6 Å². The summed E-state index contributed by atoms with van der Waals surface area (Å²) < 4.78 is 5.09. The lowest BCUT2D eigenvalue weighted by Gasteiger charge is -2.23. The topological polar surface area (TPSA) is 70.6 Å². The molecule has 2 aromatic carbocycles. The Morgan fingerprint density at radius 3 is 2.24 bits per heavy atom. The Bertz CT molecular complexity index is 656. The van der Waals surface area contributed by atoms with Crippen LogP contribution in [0.15, 0.2) is 54.6 Å². The van der Waals surface area contributed by atoms with Gasteiger partial charge in [-0.15, -0.1) is 0 Å². The van der Waals surface area contributed by atoms with Crippen LogP contribution in [0.3, 0.4) is 0 Å². The maximum atomic E-state index is 12.2. The van der Waals surface area contributed by atoms with E-state index in [9.17, 15) is 9.90 Å². The van der Waals surface area contributed by atoms with Gasteiger partial charge in [-0.05, 0) is 29.2 Å². The lowest BCUT2D eigenvalue weighted by molar-refractivity contribution is 0.172. The molecular formula is C20H26N2O3. The van der Waals surface area contributed by atoms with Gasteiger partial charge >= 0.3 is 6.03 Å². The highest BCUT2D eigenvalue weighted by atomic mass is 16.5. The minimum absolute atomic E-state index is 0.0840. The lowest BCUT2D eigenvalue weighted by Crippen LogP contribution is -2.41. The van der Waals surface area contributed by atoms with Crippen LogP contribution in [0.25, 0.3) is 0 Å². The molecule has 5 nitrogen and oxygen atoms in total. The van der Waals surface area contributed by atoms with Gasteiger partial charge in [0.1, 0.15) is 5.75 Å². The second-order valence-corrected chi connectivity index (χ2v) is 6.28. The van der Waals surface area contributed by atoms with Crippen molar-refractivity contribution in [1.82, 2.24) is 10.6 Å². The summed E-state index contributed by atoms with van der Waals surface area (Å²) in [6, 6.07) is 16.6. The molecule has 0 aromatic heterocycles. The van der Waals surface area contributed by atoms with Crippen molar-refractivity contribution in [1.29, 1.82) is 0 Å². The van der Waals surface area contributed by atoms with Crippen molar-refractivity contribution in [2.45, 2.75) is 26.0 Å². The minimum Gasteiger partial charge on any atom is -0.497 e. The molecule has 134 valence electrons. The summed E-state index contributed by atoms with van der Waals surface area (Å²) in [6.07, 6.45) is -0.772. The van der Waals surface area contributed by atoms with Gasteiger partial charge in [0.05, 0.1) is 19.3 Å². The zero-order valence-corrected chi connectivity index (χ0v) is 14.9. The van der Waals surface area contributed by atoms with Crippen LogP contribution in [-0.4, -0.2) is 24.8 Å². The Balaban J connectivity index is 1.90. The van der Waals surface area contributed by atoms with Crippen LogP contribution in [0, 0.1) is 5.92 Å². The summed E-state index contributed by atoms with van der Waals surface area (Å²) in [6.45, 7) is 4.26. The summed E-state index contributed by atoms with van der Waals surface area (Å²) in [7, 11) is 1.59. The molecule has 2 atom stereocenters. The Morgan fingerprint density at radius 2 is 1.68 bits per heavy atom. The van der Waals surface area contributed by atoms with E-state index in [0.29, 0.717) is 0 Å². The van der Waals surface area contributed by atoms with Crippen LogP contribution in [0.1, 0.15) is 37.1 Å². The highest BCUT2D eigenvalue weighted by molar-refractivity contribution is 5.74. The fourth-order valence-corrected chi connectivity index (χ4v) is 2.62. The van der Waals surface area contributed by atoms with Crippen molar-refractivity contribution >= 4 is 6.03 Å². The van der Waals surface area contributed by atoms with Crippen molar-refractivity contribution in [3.63, 3.8) is 0 Å². The monoisotopic (exact) mass is 342 g/mol. The summed E-state index contributed by atoms with van der Waals surface area (Å²) in [5.41, 5.74) is 1.79. The Labute approximate surface area is 149 Å². The number of urea groups is 1. The molecule has 0 aliphatic carbocycles. The Kier molecular flexibility index (Phi) is 6.83. The number of carbonyl (C=O) groups excluding carboxylic acids is 1. The number of nitrogens with one attached hydrogen (secondary N) is 2. The summed E-state index contributed by atoms with van der Waals surface area (Å²) in [4.78, 5) is 12.2. The summed E-state index contributed by atoms with van der Waals surface area (Å²) in [5, 5.41) is 15.9. The van der Waals surface area contributed by atoms with Gasteiger partial charge in [-0.3, -0.25) is 0 Å². The van der Waals surface area contributed by atoms with E-state index >= 15 is 0 Å². The number of aliphatic hydroxyl groups is 1. The summed E-state index contributed by atoms with van der Waals surface area (Å²) >= 11 is 0. The van der Waals surface area contributed by atoms with Crippen LogP contribution < -0.4 is 15.4 Å². The van der Waals surface area contributed by atoms with Gasteiger partial charge in [-0.2, -0.15) is 0 Å². The molecule has 2 aromatic rings. The molecule has 0 saturated heterocycles. The molecule has 25 heavy (non-hydrogen) atoms. The molecular weight excluding hydrogens is 316 g/mol. The smallest absolute Gasteiger partial charge is 0.315 e. The van der Waals surface area contributed by atoms with E-state index in [1.54, 1.807) is 31.4 Å². The van der Waals surface area contributed by atoms with Gasteiger partial charge in [0.2, 0.25) is 0 Å². The SMILES string of the molecule is COc1ccc(C(O)CNC(=O)NC(c2ccccc2)C(C)C)cc1. The number of ether oxygens (including phenoxy) is 1. The number of methoxy groups -OCH3 is 1. The fraction of sp³-hybridized carbons (Fsp3) is 0.350. The van der Waals surface area contributed by atoms with Crippen LogP contribution in [0.2, 0.25) is 0 Å². The second-order valence-electron chi connectivity index (χ2n) is 6.28. The summed E-state index contributed by atoms with van der Waals surface area (Å²) in [5.74, 6) is 0.976. The number of hydrogen-bond acceptors (Lipinski definition) is 3. The first-order chi connectivity index (χ1) is 12.0. The highest BCUT2D eigenvalue weighted by Crippen LogP contribution is 2.21. The third kappa shape index (κ3) is 5.50. The quantitative estimate of drug-likeness (QED) is 0.722. The maximum Gasteiger partial charge on any atom is 0.315 e. The Morgan fingerprint density at radius 1 is 1.04 bits per heavy atom. The first-order valence-electron chi connectivity index (χ1n) is 8.42. The second kappa shape index (κ2) is 9.08. The molecule has 0 saturated carbocycles. The molecule has 0 radical (unpaired) electrons. The number of aliphatic hydroxyl groups excluding tert-OH is 1. The van der Waals surface area contributed by atoms with Gasteiger partial charge in [0.15, 0.2) is 0 Å². The zero-order chi connectivity index (χ0) is 18.2. The molecule has 2 amide bonds. The zero-order valence-electron chi connectivity index (χ0n) is 14.9. The van der Waals surface area contributed by atoms with Crippen molar-refractivity contribution in [2.75, 3.05) is 13.7 Å². The predicted octanol–water partition coefficient (Wildman–Crippen LogP) is 3.43. The normalized spacial score (nSPS) is 13.2. The first-order valence-corrected chi connectivity index (χ1v) is 8.42. The molecule has 2 rings (SSSR count). The van der Waals surface area contributed by atoms with Crippen LogP contribution in [0.4, 0.5) is 4.79 Å². The van der Waals surface area contributed by atoms with E-state index in [-0.39, 0.29) is 24.5 Å². The number of rotatable bonds is 7. The molecule has 0 bridgehead atoms. The number of amides is 2. The van der Waals surface area contributed by atoms with Crippen molar-refractivity contribution in [2.24, 2.45) is 5.92 Å². The number of benzene rings is 2. The van der Waals surface area contributed by atoms with Crippen LogP contribution in [-0.2, 0) is 0 Å². The average Bonchev–Trinajstić information content (AvgIpc) is 2.64. The lowest BCUT2D eigenvalue weighted by atomic mass is 9.96. The first kappa shape index (κ1) is 18.8. The largest absolute Gasteiger partial charge is 0.497 e. The Hall–Kier alpha value is -2.53. The van der Waals surface area contributed by atoms with Gasteiger partial charge in [0.25, 0.3) is 0 Å². The number of hydrogen-bond donors (Lipinski definition) is 3. The van der Waals surface area contributed by atoms with Gasteiger partial charge in [0, 0.05) is 6.54 Å². The molecule has 2 unspecified atom stereocenters. The van der Waals surface area contributed by atoms with E-state index in [0.717, 1.165) is 16.9 Å². The fourth-order valence-electron chi connectivity index (χ4n) is 2.62. The maximum absolute atomic E-state index is 12.2. The number of carbonyl (C=O) groups is 1. The van der Waals surface area contributed by atoms with Gasteiger partial charge in [-0.1, -0.05) is 56.3 Å². The standard InChI is InChI=1S/C20H26N2O3/c1-14(2)19(16-7-5-4-6-8-16)22-20(24)21-13-18(23)15-9-11-17(25-3)12-10-15/h4-12,14,18-19,23H,13H2,1-3H3,(H2,21,22,24). The van der Waals surface area contributed by atoms with E-state index in [1.165, 1.54) is 0 Å². The molecule has 0 spiro atoms. The van der Waals surface area contributed by atoms with E-state index in [2.05, 4.69) is 24.5 Å². The predicted molar refractivity (Wildman–Crippen MR) is 98.5 cm³/mol. The van der Waals surface area contributed by atoms with Gasteiger partial charge < -0.3 is 20.5 Å². The average molecular weight is 342 g/mol. The molecule has 3 N–H and O–H groups in total. The van der Waals surface area contributed by atoms with E-state index in [4.69, 9.17) is 4.74 Å². The molecule has 0 aliphatic rings. The third-order valence-corrected chi connectivity index (χ3v) is 4.07. The molecule has 0 fully saturated rings. The minimum atomic E-state index is -0.772. The van der Waals surface area contributed by atoms with Crippen LogP contribution in [0.5, 0.6) is 5.75 Å². The van der Waals surface area contributed by atoms with E-state index in [1.807, 2.05) is 30.3 Å².